The molecule has 142 valence electrons. The van der Waals surface area contributed by atoms with Crippen molar-refractivity contribution in [3.63, 3.8) is 0 Å². The van der Waals surface area contributed by atoms with Crippen molar-refractivity contribution in [1.82, 2.24) is 15.8 Å². The summed E-state index contributed by atoms with van der Waals surface area (Å²) in [5.74, 6) is 1.04. The first kappa shape index (κ1) is 18.6. The van der Waals surface area contributed by atoms with Crippen LogP contribution in [0.3, 0.4) is 0 Å². The average Bonchev–Trinajstić information content (AvgIpc) is 3.21. The molecular weight excluding hydrogens is 346 g/mol. The van der Waals surface area contributed by atoms with Crippen molar-refractivity contribution >= 4 is 11.9 Å². The van der Waals surface area contributed by atoms with Crippen LogP contribution in [0.25, 0.3) is 0 Å². The molecule has 0 radical (unpaired) electrons. The zero-order valence-electron chi connectivity index (χ0n) is 15.4. The monoisotopic (exact) mass is 369 g/mol. The van der Waals surface area contributed by atoms with Gasteiger partial charge in [0.05, 0.1) is 20.3 Å². The summed E-state index contributed by atoms with van der Waals surface area (Å²) in [6.07, 6.45) is 1.68. The standard InChI is InChI=1S/C20H23N3O4/c1-26-15-10-11-18(27-2)16(13-15)17-9-6-12-23(17)20(25)22-21-19(24)14-7-4-3-5-8-14/h3-5,7-8,10-11,13,17H,6,9,12H2,1-2H3,(H,21,24)(H,22,25). The summed E-state index contributed by atoms with van der Waals surface area (Å²) in [6, 6.07) is 13.8. The first-order valence-electron chi connectivity index (χ1n) is 8.78. The third-order valence-electron chi connectivity index (χ3n) is 4.63. The third kappa shape index (κ3) is 4.13. The summed E-state index contributed by atoms with van der Waals surface area (Å²) < 4.78 is 10.8. The van der Waals surface area contributed by atoms with E-state index in [1.54, 1.807) is 43.4 Å². The average molecular weight is 369 g/mol. The predicted molar refractivity (Wildman–Crippen MR) is 101 cm³/mol. The number of carbonyl (C=O) groups is 2. The van der Waals surface area contributed by atoms with Crippen molar-refractivity contribution in [2.45, 2.75) is 18.9 Å². The summed E-state index contributed by atoms with van der Waals surface area (Å²) in [5, 5.41) is 0. The number of ether oxygens (including phenoxy) is 2. The van der Waals surface area contributed by atoms with Gasteiger partial charge in [-0.05, 0) is 43.2 Å². The highest BCUT2D eigenvalue weighted by molar-refractivity contribution is 5.95. The fourth-order valence-corrected chi connectivity index (χ4v) is 3.28. The summed E-state index contributed by atoms with van der Waals surface area (Å²) in [6.45, 7) is 0.595. The zero-order valence-corrected chi connectivity index (χ0v) is 15.4. The number of hydrogen-bond acceptors (Lipinski definition) is 4. The van der Waals surface area contributed by atoms with Gasteiger partial charge in [-0.25, -0.2) is 10.2 Å². The second-order valence-electron chi connectivity index (χ2n) is 6.21. The molecule has 7 nitrogen and oxygen atoms in total. The summed E-state index contributed by atoms with van der Waals surface area (Å²) >= 11 is 0. The van der Waals surface area contributed by atoms with Crippen LogP contribution in [0, 0.1) is 0 Å². The van der Waals surface area contributed by atoms with Gasteiger partial charge in [0.25, 0.3) is 5.91 Å². The van der Waals surface area contributed by atoms with Gasteiger partial charge >= 0.3 is 6.03 Å². The van der Waals surface area contributed by atoms with Crippen LogP contribution in [-0.4, -0.2) is 37.6 Å². The molecule has 0 saturated carbocycles. The Morgan fingerprint density at radius 1 is 1.04 bits per heavy atom. The maximum Gasteiger partial charge on any atom is 0.336 e. The SMILES string of the molecule is COc1ccc(OC)c(C2CCCN2C(=O)NNC(=O)c2ccccc2)c1. The number of benzene rings is 2. The van der Waals surface area contributed by atoms with E-state index in [4.69, 9.17) is 9.47 Å². The fourth-order valence-electron chi connectivity index (χ4n) is 3.28. The van der Waals surface area contributed by atoms with Gasteiger partial charge in [-0.1, -0.05) is 18.2 Å². The molecule has 3 amide bonds. The number of urea groups is 1. The highest BCUT2D eigenvalue weighted by atomic mass is 16.5. The molecule has 1 unspecified atom stereocenters. The molecule has 1 atom stereocenters. The molecule has 1 saturated heterocycles. The highest BCUT2D eigenvalue weighted by Crippen LogP contribution is 2.38. The lowest BCUT2D eigenvalue weighted by Crippen LogP contribution is -2.48. The molecule has 0 aromatic heterocycles. The minimum Gasteiger partial charge on any atom is -0.497 e. The Kier molecular flexibility index (Phi) is 5.80. The number of hydrazine groups is 1. The van der Waals surface area contributed by atoms with Crippen LogP contribution >= 0.6 is 0 Å². The summed E-state index contributed by atoms with van der Waals surface area (Å²) in [4.78, 5) is 26.5. The molecule has 3 rings (SSSR count). The Balaban J connectivity index is 1.71. The van der Waals surface area contributed by atoms with Crippen molar-refractivity contribution in [1.29, 1.82) is 0 Å². The van der Waals surface area contributed by atoms with E-state index < -0.39 is 0 Å². The predicted octanol–water partition coefficient (Wildman–Crippen LogP) is 2.90. The molecule has 0 spiro atoms. The maximum atomic E-state index is 12.6. The molecule has 1 heterocycles. The number of methoxy groups -OCH3 is 2. The molecule has 1 fully saturated rings. The number of rotatable bonds is 4. The largest absolute Gasteiger partial charge is 0.497 e. The number of nitrogens with one attached hydrogen (secondary N) is 2. The molecule has 0 aliphatic carbocycles. The van der Waals surface area contributed by atoms with E-state index >= 15 is 0 Å². The third-order valence-corrected chi connectivity index (χ3v) is 4.63. The van der Waals surface area contributed by atoms with Crippen LogP contribution in [0.4, 0.5) is 4.79 Å². The molecule has 2 aromatic carbocycles. The van der Waals surface area contributed by atoms with Crippen LogP contribution in [0.15, 0.2) is 48.5 Å². The molecule has 2 aromatic rings. The Bertz CT molecular complexity index is 810. The van der Waals surface area contributed by atoms with Crippen LogP contribution in [-0.2, 0) is 0 Å². The minimum atomic E-state index is -0.362. The highest BCUT2D eigenvalue weighted by Gasteiger charge is 2.32. The number of carbonyl (C=O) groups excluding carboxylic acids is 2. The van der Waals surface area contributed by atoms with E-state index in [0.717, 1.165) is 18.4 Å². The molecular formula is C20H23N3O4. The van der Waals surface area contributed by atoms with Crippen LogP contribution < -0.4 is 20.3 Å². The number of likely N-dealkylation sites (tertiary alicyclic amines) is 1. The summed E-state index contributed by atoms with van der Waals surface area (Å²) in [7, 11) is 3.20. The normalized spacial score (nSPS) is 15.9. The van der Waals surface area contributed by atoms with E-state index in [1.807, 2.05) is 24.3 Å². The smallest absolute Gasteiger partial charge is 0.336 e. The van der Waals surface area contributed by atoms with E-state index in [-0.39, 0.29) is 18.0 Å². The van der Waals surface area contributed by atoms with E-state index in [2.05, 4.69) is 10.9 Å². The molecule has 2 N–H and O–H groups in total. The van der Waals surface area contributed by atoms with Gasteiger partial charge in [0.15, 0.2) is 0 Å². The van der Waals surface area contributed by atoms with Crippen LogP contribution in [0.5, 0.6) is 11.5 Å². The number of hydrogen-bond donors (Lipinski definition) is 2. The van der Waals surface area contributed by atoms with Crippen LogP contribution in [0.1, 0.15) is 34.8 Å². The van der Waals surface area contributed by atoms with Gasteiger partial charge in [-0.3, -0.25) is 10.2 Å². The minimum absolute atomic E-state index is 0.149. The van der Waals surface area contributed by atoms with Gasteiger partial charge in [0, 0.05) is 17.7 Å². The zero-order chi connectivity index (χ0) is 19.2. The number of nitrogens with zero attached hydrogens (tertiary/aromatic N) is 1. The lowest BCUT2D eigenvalue weighted by Gasteiger charge is -2.26. The maximum absolute atomic E-state index is 12.6. The Labute approximate surface area is 158 Å². The van der Waals surface area contributed by atoms with E-state index in [9.17, 15) is 9.59 Å². The molecule has 1 aliphatic rings. The second kappa shape index (κ2) is 8.44. The summed E-state index contributed by atoms with van der Waals surface area (Å²) in [5.41, 5.74) is 6.33. The Hall–Kier alpha value is -3.22. The topological polar surface area (TPSA) is 79.9 Å². The van der Waals surface area contributed by atoms with Gasteiger partial charge in [0.2, 0.25) is 0 Å². The van der Waals surface area contributed by atoms with Crippen molar-refractivity contribution in [3.8, 4) is 11.5 Å². The lowest BCUT2D eigenvalue weighted by molar-refractivity contribution is 0.0928. The second-order valence-corrected chi connectivity index (χ2v) is 6.21. The van der Waals surface area contributed by atoms with Gasteiger partial charge in [-0.2, -0.15) is 0 Å². The molecule has 27 heavy (non-hydrogen) atoms. The van der Waals surface area contributed by atoms with E-state index in [1.165, 1.54) is 0 Å². The van der Waals surface area contributed by atoms with Crippen molar-refractivity contribution in [2.24, 2.45) is 0 Å². The molecule has 0 bridgehead atoms. The van der Waals surface area contributed by atoms with Crippen LogP contribution in [0.2, 0.25) is 0 Å². The first-order chi connectivity index (χ1) is 13.1. The number of amides is 3. The van der Waals surface area contributed by atoms with Crippen molar-refractivity contribution in [2.75, 3.05) is 20.8 Å². The van der Waals surface area contributed by atoms with Gasteiger partial charge in [0.1, 0.15) is 11.5 Å². The fraction of sp³-hybridized carbons (Fsp3) is 0.300. The Morgan fingerprint density at radius 2 is 1.81 bits per heavy atom. The van der Waals surface area contributed by atoms with Gasteiger partial charge in [-0.15, -0.1) is 0 Å². The van der Waals surface area contributed by atoms with Crippen molar-refractivity contribution in [3.05, 3.63) is 59.7 Å². The lowest BCUT2D eigenvalue weighted by atomic mass is 10.0. The van der Waals surface area contributed by atoms with Gasteiger partial charge < -0.3 is 14.4 Å². The van der Waals surface area contributed by atoms with E-state index in [0.29, 0.717) is 23.6 Å². The molecule has 7 heteroatoms. The quantitative estimate of drug-likeness (QED) is 0.812. The Morgan fingerprint density at radius 3 is 2.52 bits per heavy atom. The van der Waals surface area contributed by atoms with Crippen molar-refractivity contribution < 1.29 is 19.1 Å². The first-order valence-corrected chi connectivity index (χ1v) is 8.78. The molecule has 1 aliphatic heterocycles.